The molecule has 1 aromatic heterocycles. The highest BCUT2D eigenvalue weighted by atomic mass is 79.9. The number of hydrogen-bond acceptors (Lipinski definition) is 5. The average molecular weight is 336 g/mol. The van der Waals surface area contributed by atoms with Crippen molar-refractivity contribution in [2.45, 2.75) is 26.7 Å². The number of benzene rings is 1. The molecule has 0 fully saturated rings. The molecular formula is C14H18BrN5. The average Bonchev–Trinajstić information content (AvgIpc) is 2.43. The molecule has 2 rings (SSSR count). The molecule has 6 heteroatoms. The van der Waals surface area contributed by atoms with Gasteiger partial charge in [-0.2, -0.15) is 10.1 Å². The minimum Gasteiger partial charge on any atom is -0.369 e. The summed E-state index contributed by atoms with van der Waals surface area (Å²) in [5, 5.41) is 14.3. The summed E-state index contributed by atoms with van der Waals surface area (Å²) in [5.74, 6) is 1.22. The summed E-state index contributed by atoms with van der Waals surface area (Å²) in [6.07, 6.45) is 3.88. The molecule has 2 aromatic rings. The molecule has 0 atom stereocenters. The van der Waals surface area contributed by atoms with Crippen LogP contribution in [0.4, 0.5) is 17.5 Å². The van der Waals surface area contributed by atoms with E-state index in [1.807, 2.05) is 25.1 Å². The zero-order chi connectivity index (χ0) is 14.4. The van der Waals surface area contributed by atoms with E-state index in [2.05, 4.69) is 48.7 Å². The highest BCUT2D eigenvalue weighted by molar-refractivity contribution is 9.10. The fourth-order valence-corrected chi connectivity index (χ4v) is 2.27. The molecule has 2 N–H and O–H groups in total. The van der Waals surface area contributed by atoms with Crippen LogP contribution in [0.3, 0.4) is 0 Å². The summed E-state index contributed by atoms with van der Waals surface area (Å²) >= 11 is 3.52. The molecule has 1 aromatic carbocycles. The number of halogens is 1. The van der Waals surface area contributed by atoms with Crippen molar-refractivity contribution >= 4 is 33.4 Å². The first-order valence-corrected chi connectivity index (χ1v) is 7.45. The predicted octanol–water partition coefficient (Wildman–Crippen LogP) is 3.90. The Kier molecular flexibility index (Phi) is 5.29. The number of nitrogens with one attached hydrogen (secondary N) is 2. The van der Waals surface area contributed by atoms with Gasteiger partial charge in [-0.1, -0.05) is 19.4 Å². The first-order chi connectivity index (χ1) is 9.69. The maximum atomic E-state index is 4.39. The van der Waals surface area contributed by atoms with Gasteiger partial charge in [0.2, 0.25) is 5.95 Å². The van der Waals surface area contributed by atoms with Crippen LogP contribution in [-0.2, 0) is 0 Å². The quantitative estimate of drug-likeness (QED) is 0.784. The number of aromatic nitrogens is 3. The van der Waals surface area contributed by atoms with Crippen molar-refractivity contribution in [2.75, 3.05) is 17.2 Å². The summed E-state index contributed by atoms with van der Waals surface area (Å²) < 4.78 is 0.977. The molecule has 106 valence electrons. The van der Waals surface area contributed by atoms with Gasteiger partial charge in [0.15, 0.2) is 5.82 Å². The maximum absolute atomic E-state index is 4.39. The SMILES string of the molecule is CCCCNc1cnnc(Nc2ccc(C)cc2Br)n1. The summed E-state index contributed by atoms with van der Waals surface area (Å²) in [4.78, 5) is 4.39. The van der Waals surface area contributed by atoms with Gasteiger partial charge in [-0.05, 0) is 47.0 Å². The van der Waals surface area contributed by atoms with Crippen LogP contribution < -0.4 is 10.6 Å². The van der Waals surface area contributed by atoms with Crippen molar-refractivity contribution in [1.82, 2.24) is 15.2 Å². The summed E-state index contributed by atoms with van der Waals surface area (Å²) in [6.45, 7) is 5.09. The topological polar surface area (TPSA) is 62.7 Å². The molecule has 0 radical (unpaired) electrons. The largest absolute Gasteiger partial charge is 0.369 e. The maximum Gasteiger partial charge on any atom is 0.249 e. The van der Waals surface area contributed by atoms with Crippen molar-refractivity contribution in [3.05, 3.63) is 34.4 Å². The Morgan fingerprint density at radius 2 is 2.15 bits per heavy atom. The smallest absolute Gasteiger partial charge is 0.249 e. The number of anilines is 3. The monoisotopic (exact) mass is 335 g/mol. The van der Waals surface area contributed by atoms with E-state index < -0.39 is 0 Å². The number of unbranched alkanes of at least 4 members (excludes halogenated alkanes) is 1. The third-order valence-electron chi connectivity index (χ3n) is 2.77. The van der Waals surface area contributed by atoms with E-state index in [1.165, 1.54) is 5.56 Å². The van der Waals surface area contributed by atoms with Gasteiger partial charge in [0.25, 0.3) is 0 Å². The molecule has 0 bridgehead atoms. The van der Waals surface area contributed by atoms with Crippen molar-refractivity contribution in [3.63, 3.8) is 0 Å². The lowest BCUT2D eigenvalue weighted by Crippen LogP contribution is -2.06. The van der Waals surface area contributed by atoms with Crippen molar-refractivity contribution in [3.8, 4) is 0 Å². The molecule has 0 unspecified atom stereocenters. The normalized spacial score (nSPS) is 10.3. The van der Waals surface area contributed by atoms with Crippen molar-refractivity contribution < 1.29 is 0 Å². The Morgan fingerprint density at radius 1 is 1.30 bits per heavy atom. The van der Waals surface area contributed by atoms with Crippen LogP contribution in [0.2, 0.25) is 0 Å². The van der Waals surface area contributed by atoms with Crippen molar-refractivity contribution in [1.29, 1.82) is 0 Å². The number of rotatable bonds is 6. The van der Waals surface area contributed by atoms with E-state index in [9.17, 15) is 0 Å². The molecule has 0 aliphatic rings. The van der Waals surface area contributed by atoms with E-state index in [4.69, 9.17) is 0 Å². The van der Waals surface area contributed by atoms with E-state index >= 15 is 0 Å². The molecule has 0 saturated heterocycles. The fourth-order valence-electron chi connectivity index (χ4n) is 1.68. The highest BCUT2D eigenvalue weighted by Crippen LogP contribution is 2.25. The Labute approximate surface area is 127 Å². The second kappa shape index (κ2) is 7.19. The lowest BCUT2D eigenvalue weighted by Gasteiger charge is -2.09. The summed E-state index contributed by atoms with van der Waals surface area (Å²) in [7, 11) is 0. The molecule has 0 aliphatic carbocycles. The van der Waals surface area contributed by atoms with E-state index in [0.717, 1.165) is 35.4 Å². The second-order valence-corrected chi connectivity index (χ2v) is 5.41. The van der Waals surface area contributed by atoms with Gasteiger partial charge >= 0.3 is 0 Å². The Hall–Kier alpha value is -1.69. The van der Waals surface area contributed by atoms with E-state index in [0.29, 0.717) is 5.95 Å². The zero-order valence-electron chi connectivity index (χ0n) is 11.7. The molecule has 0 spiro atoms. The second-order valence-electron chi connectivity index (χ2n) is 4.55. The zero-order valence-corrected chi connectivity index (χ0v) is 13.2. The lowest BCUT2D eigenvalue weighted by atomic mass is 10.2. The van der Waals surface area contributed by atoms with Gasteiger partial charge in [0, 0.05) is 11.0 Å². The first kappa shape index (κ1) is 14.7. The Morgan fingerprint density at radius 3 is 2.90 bits per heavy atom. The molecule has 0 saturated carbocycles. The van der Waals surface area contributed by atoms with Gasteiger partial charge < -0.3 is 10.6 Å². The summed E-state index contributed by atoms with van der Waals surface area (Å²) in [6, 6.07) is 6.06. The standard InChI is InChI=1S/C14H18BrN5/c1-3-4-7-16-13-9-17-20-14(19-13)18-12-6-5-10(2)8-11(12)15/h5-6,8-9H,3-4,7H2,1-2H3,(H2,16,18,19,20). The minimum absolute atomic E-state index is 0.482. The predicted molar refractivity (Wildman–Crippen MR) is 85.4 cm³/mol. The molecule has 5 nitrogen and oxygen atoms in total. The first-order valence-electron chi connectivity index (χ1n) is 6.66. The van der Waals surface area contributed by atoms with Crippen LogP contribution in [-0.4, -0.2) is 21.7 Å². The Balaban J connectivity index is 2.07. The van der Waals surface area contributed by atoms with Crippen molar-refractivity contribution in [2.24, 2.45) is 0 Å². The Bertz CT molecular complexity index is 573. The molecule has 0 amide bonds. The number of hydrogen-bond donors (Lipinski definition) is 2. The highest BCUT2D eigenvalue weighted by Gasteiger charge is 2.04. The van der Waals surface area contributed by atoms with Crippen LogP contribution >= 0.6 is 15.9 Å². The van der Waals surface area contributed by atoms with E-state index in [1.54, 1.807) is 6.20 Å². The van der Waals surface area contributed by atoms with Crippen LogP contribution in [0.25, 0.3) is 0 Å². The number of nitrogens with zero attached hydrogens (tertiary/aromatic N) is 3. The lowest BCUT2D eigenvalue weighted by molar-refractivity contribution is 0.827. The number of aryl methyl sites for hydroxylation is 1. The third-order valence-corrected chi connectivity index (χ3v) is 3.42. The van der Waals surface area contributed by atoms with Gasteiger partial charge in [0.05, 0.1) is 11.9 Å². The fraction of sp³-hybridized carbons (Fsp3) is 0.357. The summed E-state index contributed by atoms with van der Waals surface area (Å²) in [5.41, 5.74) is 2.11. The van der Waals surface area contributed by atoms with Crippen LogP contribution in [0.1, 0.15) is 25.3 Å². The molecule has 20 heavy (non-hydrogen) atoms. The minimum atomic E-state index is 0.482. The van der Waals surface area contributed by atoms with Crippen LogP contribution in [0.15, 0.2) is 28.9 Å². The third kappa shape index (κ3) is 4.16. The van der Waals surface area contributed by atoms with Gasteiger partial charge in [0.1, 0.15) is 0 Å². The van der Waals surface area contributed by atoms with Gasteiger partial charge in [-0.15, -0.1) is 5.10 Å². The van der Waals surface area contributed by atoms with Crippen LogP contribution in [0.5, 0.6) is 0 Å². The molecule has 0 aliphatic heterocycles. The van der Waals surface area contributed by atoms with E-state index in [-0.39, 0.29) is 0 Å². The van der Waals surface area contributed by atoms with Gasteiger partial charge in [-0.3, -0.25) is 0 Å². The van der Waals surface area contributed by atoms with Gasteiger partial charge in [-0.25, -0.2) is 0 Å². The molecule has 1 heterocycles. The van der Waals surface area contributed by atoms with Crippen LogP contribution in [0, 0.1) is 6.92 Å². The molecular weight excluding hydrogens is 318 g/mol.